The van der Waals surface area contributed by atoms with Gasteiger partial charge in [0.1, 0.15) is 0 Å². The van der Waals surface area contributed by atoms with Crippen LogP contribution in [0, 0.1) is 0 Å². The van der Waals surface area contributed by atoms with Crippen molar-refractivity contribution in [3.05, 3.63) is 0 Å². The van der Waals surface area contributed by atoms with Gasteiger partial charge in [0, 0.05) is 0 Å². The molecule has 0 aliphatic carbocycles. The molecule has 12 N–H and O–H groups in total. The molecule has 1 rings (SSSR count). The fourth-order valence-corrected chi connectivity index (χ4v) is 3.97. The first-order valence-electron chi connectivity index (χ1n) is 12.3. The zero-order chi connectivity index (χ0) is 29.5. The molecule has 1 aromatic heterocycles. The number of aromatic nitrogens is 3. The molecule has 0 saturated heterocycles. The summed E-state index contributed by atoms with van der Waals surface area (Å²) in [5.41, 5.74) is 0. The highest BCUT2D eigenvalue weighted by molar-refractivity contribution is 5.50. The van der Waals surface area contributed by atoms with Crippen LogP contribution < -0.4 is 14.7 Å². The zero-order valence-electron chi connectivity index (χ0n) is 21.5. The van der Waals surface area contributed by atoms with Crippen molar-refractivity contribution < 1.29 is 61.3 Å². The summed E-state index contributed by atoms with van der Waals surface area (Å²) in [7, 11) is 0. The van der Waals surface area contributed by atoms with E-state index in [4.69, 9.17) is 0 Å². The smallest absolute Gasteiger partial charge is 0.232 e. The Bertz CT molecular complexity index is 629. The zero-order valence-corrected chi connectivity index (χ0v) is 21.5. The third-order valence-corrected chi connectivity index (χ3v) is 6.18. The summed E-state index contributed by atoms with van der Waals surface area (Å²) in [6, 6.07) is -7.11. The lowest BCUT2D eigenvalue weighted by atomic mass is 10.2. The fourth-order valence-electron chi connectivity index (χ4n) is 3.97. The van der Waals surface area contributed by atoms with Crippen molar-refractivity contribution in [2.45, 2.75) is 36.3 Å². The normalized spacial score (nSPS) is 12.2. The maximum Gasteiger partial charge on any atom is 0.232 e. The second-order valence-electron chi connectivity index (χ2n) is 8.57. The number of anilines is 3. The van der Waals surface area contributed by atoms with Crippen molar-refractivity contribution in [3.8, 4) is 0 Å². The number of hydrogen-bond acceptors (Lipinski definition) is 18. The van der Waals surface area contributed by atoms with Crippen molar-refractivity contribution in [2.24, 2.45) is 0 Å². The highest BCUT2D eigenvalue weighted by Crippen LogP contribution is 2.27. The number of hydrogen-bond donors (Lipinski definition) is 12. The topological polar surface area (TPSA) is 291 Å². The Labute approximate surface area is 224 Å². The summed E-state index contributed by atoms with van der Waals surface area (Å²) in [6.07, 6.45) is 0. The molecule has 39 heavy (non-hydrogen) atoms. The third-order valence-electron chi connectivity index (χ3n) is 6.18. The molecular formula is C21H42N6O12. The molecule has 1 heterocycles. The second kappa shape index (κ2) is 18.3. The average Bonchev–Trinajstić information content (AvgIpc) is 2.97. The Morgan fingerprint density at radius 1 is 0.308 bits per heavy atom. The molecule has 0 fully saturated rings. The van der Waals surface area contributed by atoms with Gasteiger partial charge in [-0.3, -0.25) is 0 Å². The number of aliphatic hydroxyl groups excluding tert-OH is 12. The van der Waals surface area contributed by atoms with Gasteiger partial charge < -0.3 is 76.0 Å². The first kappa shape index (κ1) is 35.0. The number of nitrogens with zero attached hydrogens (tertiary/aromatic N) is 6. The Morgan fingerprint density at radius 3 is 0.538 bits per heavy atom. The Hall–Kier alpha value is -2.07. The summed E-state index contributed by atoms with van der Waals surface area (Å²) in [5.74, 6) is -1.21. The molecule has 0 spiro atoms. The standard InChI is InChI=1S/C21H42N6O12/c28-1-13(2-29)25(14(3-30)4-31)19-22-20(26(15(5-32)6-33)16(7-34)8-35)24-21(23-19)27(17(9-36)10-37)18(11-38)12-39/h13-18,28-39H,1-12H2. The largest absolute Gasteiger partial charge is 0.394 e. The SMILES string of the molecule is OCC(CO)N(c1nc(N(C(CO)CO)C(CO)CO)nc(N(C(CO)CO)C(CO)CO)n1)C(CO)CO. The van der Waals surface area contributed by atoms with Gasteiger partial charge in [0.05, 0.1) is 116 Å². The highest BCUT2D eigenvalue weighted by atomic mass is 16.3. The van der Waals surface area contributed by atoms with Gasteiger partial charge in [0.25, 0.3) is 0 Å². The third kappa shape index (κ3) is 8.46. The Kier molecular flexibility index (Phi) is 16.4. The van der Waals surface area contributed by atoms with Crippen LogP contribution in [0.5, 0.6) is 0 Å². The molecule has 18 heteroatoms. The van der Waals surface area contributed by atoms with E-state index in [0.717, 1.165) is 14.7 Å². The average molecular weight is 571 g/mol. The van der Waals surface area contributed by atoms with Gasteiger partial charge in [-0.15, -0.1) is 0 Å². The molecule has 0 atom stereocenters. The summed E-state index contributed by atoms with van der Waals surface area (Å²) < 4.78 is 0. The Morgan fingerprint density at radius 2 is 0.436 bits per heavy atom. The van der Waals surface area contributed by atoms with Gasteiger partial charge in [-0.1, -0.05) is 0 Å². The van der Waals surface area contributed by atoms with Crippen LogP contribution in [0.1, 0.15) is 0 Å². The van der Waals surface area contributed by atoms with Gasteiger partial charge in [-0.2, -0.15) is 15.0 Å². The molecule has 0 bridgehead atoms. The minimum Gasteiger partial charge on any atom is -0.394 e. The minimum absolute atomic E-state index is 0.403. The van der Waals surface area contributed by atoms with E-state index in [1.807, 2.05) is 0 Å². The lowest BCUT2D eigenvalue weighted by Gasteiger charge is -2.40. The molecule has 0 saturated carbocycles. The van der Waals surface area contributed by atoms with Crippen LogP contribution in [0.15, 0.2) is 0 Å². The van der Waals surface area contributed by atoms with Crippen LogP contribution in [-0.4, -0.2) is 192 Å². The van der Waals surface area contributed by atoms with Crippen LogP contribution in [-0.2, 0) is 0 Å². The van der Waals surface area contributed by atoms with Crippen molar-refractivity contribution in [1.29, 1.82) is 0 Å². The van der Waals surface area contributed by atoms with Crippen LogP contribution in [0.25, 0.3) is 0 Å². The maximum absolute atomic E-state index is 9.89. The monoisotopic (exact) mass is 570 g/mol. The minimum atomic E-state index is -1.18. The van der Waals surface area contributed by atoms with Gasteiger partial charge in [-0.25, -0.2) is 0 Å². The second-order valence-corrected chi connectivity index (χ2v) is 8.57. The summed E-state index contributed by atoms with van der Waals surface area (Å²) in [5, 5.41) is 119. The molecule has 0 unspecified atom stereocenters. The van der Waals surface area contributed by atoms with E-state index in [1.165, 1.54) is 0 Å². The summed E-state index contributed by atoms with van der Waals surface area (Å²) >= 11 is 0. The van der Waals surface area contributed by atoms with Crippen molar-refractivity contribution in [1.82, 2.24) is 15.0 Å². The fraction of sp³-hybridized carbons (Fsp3) is 0.857. The molecule has 18 nitrogen and oxygen atoms in total. The molecule has 0 aliphatic heterocycles. The van der Waals surface area contributed by atoms with Crippen molar-refractivity contribution >= 4 is 17.8 Å². The van der Waals surface area contributed by atoms with Gasteiger partial charge in [0.2, 0.25) is 17.8 Å². The van der Waals surface area contributed by atoms with Crippen molar-refractivity contribution in [3.63, 3.8) is 0 Å². The quantitative estimate of drug-likeness (QED) is 0.0653. The van der Waals surface area contributed by atoms with Crippen molar-refractivity contribution in [2.75, 3.05) is 94.0 Å². The van der Waals surface area contributed by atoms with E-state index >= 15 is 0 Å². The molecule has 0 aliphatic rings. The first-order valence-corrected chi connectivity index (χ1v) is 12.3. The van der Waals surface area contributed by atoms with E-state index in [1.54, 1.807) is 0 Å². The first-order chi connectivity index (χ1) is 18.8. The molecule has 0 aromatic carbocycles. The lowest BCUT2D eigenvalue weighted by Crippen LogP contribution is -2.55. The lowest BCUT2D eigenvalue weighted by molar-refractivity contribution is 0.140. The van der Waals surface area contributed by atoms with Gasteiger partial charge in [-0.05, 0) is 0 Å². The predicted octanol–water partition coefficient (Wildman–Crippen LogP) is -7.59. The molecule has 1 aromatic rings. The van der Waals surface area contributed by atoms with Crippen LogP contribution in [0.4, 0.5) is 17.8 Å². The molecule has 0 amide bonds. The van der Waals surface area contributed by atoms with Crippen LogP contribution in [0.3, 0.4) is 0 Å². The van der Waals surface area contributed by atoms with E-state index < -0.39 is 133 Å². The number of aliphatic hydroxyl groups is 12. The molecule has 0 radical (unpaired) electrons. The molecule has 228 valence electrons. The summed E-state index contributed by atoms with van der Waals surface area (Å²) in [6.45, 7) is -8.40. The van der Waals surface area contributed by atoms with Crippen LogP contribution in [0.2, 0.25) is 0 Å². The maximum atomic E-state index is 9.89. The van der Waals surface area contributed by atoms with Crippen LogP contribution >= 0.6 is 0 Å². The van der Waals surface area contributed by atoms with E-state index in [-0.39, 0.29) is 0 Å². The summed E-state index contributed by atoms with van der Waals surface area (Å²) in [4.78, 5) is 16.0. The van der Waals surface area contributed by atoms with Gasteiger partial charge in [0.15, 0.2) is 0 Å². The molecular weight excluding hydrogens is 528 g/mol. The highest BCUT2D eigenvalue weighted by Gasteiger charge is 2.35. The predicted molar refractivity (Wildman–Crippen MR) is 135 cm³/mol. The van der Waals surface area contributed by atoms with E-state index in [2.05, 4.69) is 15.0 Å². The number of rotatable bonds is 21. The van der Waals surface area contributed by atoms with E-state index in [0.29, 0.717) is 0 Å². The van der Waals surface area contributed by atoms with E-state index in [9.17, 15) is 61.3 Å². The Balaban J connectivity index is 4.16. The van der Waals surface area contributed by atoms with Gasteiger partial charge >= 0.3 is 0 Å².